The van der Waals surface area contributed by atoms with Crippen molar-refractivity contribution in [2.24, 2.45) is 5.92 Å². The van der Waals surface area contributed by atoms with E-state index in [4.69, 9.17) is 9.47 Å². The number of likely N-dealkylation sites (tertiary alicyclic amines) is 1. The molecule has 1 aliphatic heterocycles. The summed E-state index contributed by atoms with van der Waals surface area (Å²) >= 11 is 0. The Morgan fingerprint density at radius 1 is 1.14 bits per heavy atom. The van der Waals surface area contributed by atoms with E-state index in [0.29, 0.717) is 30.4 Å². The van der Waals surface area contributed by atoms with Gasteiger partial charge in [0, 0.05) is 6.54 Å². The first-order valence-corrected chi connectivity index (χ1v) is 9.84. The lowest BCUT2D eigenvalue weighted by Crippen LogP contribution is -2.38. The number of methoxy groups -OCH3 is 1. The van der Waals surface area contributed by atoms with Crippen LogP contribution < -0.4 is 4.74 Å². The molecule has 1 unspecified atom stereocenters. The van der Waals surface area contributed by atoms with Crippen LogP contribution in [-0.4, -0.2) is 50.4 Å². The van der Waals surface area contributed by atoms with Gasteiger partial charge in [-0.3, -0.25) is 0 Å². The molecule has 2 aromatic rings. The van der Waals surface area contributed by atoms with Crippen LogP contribution in [0.15, 0.2) is 48.5 Å². The lowest BCUT2D eigenvalue weighted by atomic mass is 9.97. The van der Waals surface area contributed by atoms with Crippen LogP contribution in [0.3, 0.4) is 0 Å². The minimum atomic E-state index is -0.795. The number of hydrogen-bond acceptors (Lipinski definition) is 4. The summed E-state index contributed by atoms with van der Waals surface area (Å²) in [5.74, 6) is 0.548. The van der Waals surface area contributed by atoms with Crippen molar-refractivity contribution in [3.8, 4) is 16.9 Å². The monoisotopic (exact) mass is 385 g/mol. The smallest absolute Gasteiger partial charge is 0.341 e. The molecule has 5 heteroatoms. The van der Waals surface area contributed by atoms with Gasteiger partial charge in [0.15, 0.2) is 0 Å². The maximum Gasteiger partial charge on any atom is 0.341 e. The predicted molar refractivity (Wildman–Crippen MR) is 108 cm³/mol. The molecular formula is C23H28FNO3. The zero-order chi connectivity index (χ0) is 19.9. The van der Waals surface area contributed by atoms with E-state index >= 15 is 0 Å². The Morgan fingerprint density at radius 3 is 2.50 bits per heavy atom. The third-order valence-corrected chi connectivity index (χ3v) is 5.19. The highest BCUT2D eigenvalue weighted by Gasteiger charge is 2.22. The Hall–Kier alpha value is -2.40. The number of halogens is 1. The molecule has 0 aromatic heterocycles. The quantitative estimate of drug-likeness (QED) is 0.654. The van der Waals surface area contributed by atoms with Crippen molar-refractivity contribution in [1.82, 2.24) is 4.90 Å². The van der Waals surface area contributed by atoms with E-state index in [-0.39, 0.29) is 0 Å². The van der Waals surface area contributed by atoms with Gasteiger partial charge in [0.1, 0.15) is 17.5 Å². The van der Waals surface area contributed by atoms with Gasteiger partial charge in [0.2, 0.25) is 0 Å². The highest BCUT2D eigenvalue weighted by molar-refractivity contribution is 5.93. The molecule has 0 N–H and O–H groups in total. The summed E-state index contributed by atoms with van der Waals surface area (Å²) in [5, 5.41) is 0. The Balaban J connectivity index is 1.68. The standard InChI is InChI=1S/C23H28FNO3/c1-17(24)15-25-12-10-18(11-13-25)16-28-22-14-20(19-6-4-3-5-7-19)8-9-21(22)23(26)27-2/h3-9,14,17-18H,10-13,15-16H2,1-2H3. The van der Waals surface area contributed by atoms with Gasteiger partial charge >= 0.3 is 5.97 Å². The van der Waals surface area contributed by atoms with Crippen LogP contribution in [0.1, 0.15) is 30.1 Å². The third kappa shape index (κ3) is 5.32. The first-order chi connectivity index (χ1) is 13.6. The van der Waals surface area contributed by atoms with Crippen LogP contribution in [0.2, 0.25) is 0 Å². The fraction of sp³-hybridized carbons (Fsp3) is 0.435. The first kappa shape index (κ1) is 20.3. The molecular weight excluding hydrogens is 357 g/mol. The van der Waals surface area contributed by atoms with Gasteiger partial charge < -0.3 is 14.4 Å². The van der Waals surface area contributed by atoms with E-state index in [1.165, 1.54) is 7.11 Å². The summed E-state index contributed by atoms with van der Waals surface area (Å²) in [5.41, 5.74) is 2.50. The Bertz CT molecular complexity index is 771. The average Bonchev–Trinajstić information content (AvgIpc) is 2.72. The number of alkyl halides is 1. The molecule has 1 saturated heterocycles. The molecule has 1 aliphatic rings. The summed E-state index contributed by atoms with van der Waals surface area (Å²) in [6, 6.07) is 15.6. The molecule has 0 amide bonds. The van der Waals surface area contributed by atoms with E-state index < -0.39 is 12.1 Å². The summed E-state index contributed by atoms with van der Waals surface area (Å²) in [6.45, 7) is 4.41. The number of carbonyl (C=O) groups is 1. The summed E-state index contributed by atoms with van der Waals surface area (Å²) in [6.07, 6.45) is 1.15. The SMILES string of the molecule is COC(=O)c1ccc(-c2ccccc2)cc1OCC1CCN(CC(C)F)CC1. The molecule has 0 radical (unpaired) electrons. The van der Waals surface area contributed by atoms with Crippen molar-refractivity contribution in [3.63, 3.8) is 0 Å². The van der Waals surface area contributed by atoms with Crippen molar-refractivity contribution >= 4 is 5.97 Å². The van der Waals surface area contributed by atoms with Gasteiger partial charge in [-0.1, -0.05) is 36.4 Å². The van der Waals surface area contributed by atoms with Crippen LogP contribution in [0.5, 0.6) is 5.75 Å². The zero-order valence-electron chi connectivity index (χ0n) is 16.6. The molecule has 0 aliphatic carbocycles. The lowest BCUT2D eigenvalue weighted by molar-refractivity contribution is 0.0593. The van der Waals surface area contributed by atoms with Gasteiger partial charge in [-0.05, 0) is 62.0 Å². The molecule has 1 heterocycles. The summed E-state index contributed by atoms with van der Waals surface area (Å²) in [7, 11) is 1.37. The highest BCUT2D eigenvalue weighted by atomic mass is 19.1. The summed E-state index contributed by atoms with van der Waals surface area (Å²) in [4.78, 5) is 14.3. The molecule has 2 aromatic carbocycles. The average molecular weight is 385 g/mol. The maximum atomic E-state index is 13.2. The lowest BCUT2D eigenvalue weighted by Gasteiger charge is -2.32. The van der Waals surface area contributed by atoms with E-state index in [9.17, 15) is 9.18 Å². The van der Waals surface area contributed by atoms with Gasteiger partial charge in [0.05, 0.1) is 13.7 Å². The second-order valence-electron chi connectivity index (χ2n) is 7.40. The number of rotatable bonds is 7. The number of carbonyl (C=O) groups excluding carboxylic acids is 1. The number of nitrogens with zero attached hydrogens (tertiary/aromatic N) is 1. The van der Waals surface area contributed by atoms with Crippen molar-refractivity contribution in [1.29, 1.82) is 0 Å². The second-order valence-corrected chi connectivity index (χ2v) is 7.40. The van der Waals surface area contributed by atoms with Gasteiger partial charge in [-0.25, -0.2) is 9.18 Å². The number of hydrogen-bond donors (Lipinski definition) is 0. The molecule has 4 nitrogen and oxygen atoms in total. The molecule has 0 spiro atoms. The van der Waals surface area contributed by atoms with E-state index in [0.717, 1.165) is 37.1 Å². The van der Waals surface area contributed by atoms with Crippen molar-refractivity contribution in [2.45, 2.75) is 25.9 Å². The van der Waals surface area contributed by atoms with Crippen molar-refractivity contribution in [3.05, 3.63) is 54.1 Å². The van der Waals surface area contributed by atoms with E-state index in [1.54, 1.807) is 13.0 Å². The Labute approximate surface area is 166 Å². The highest BCUT2D eigenvalue weighted by Crippen LogP contribution is 2.29. The van der Waals surface area contributed by atoms with Crippen molar-refractivity contribution < 1.29 is 18.7 Å². The largest absolute Gasteiger partial charge is 0.492 e. The van der Waals surface area contributed by atoms with Crippen LogP contribution in [0.25, 0.3) is 11.1 Å². The number of esters is 1. The van der Waals surface area contributed by atoms with Crippen LogP contribution in [0, 0.1) is 5.92 Å². The molecule has 0 saturated carbocycles. The fourth-order valence-corrected chi connectivity index (χ4v) is 3.63. The first-order valence-electron chi connectivity index (χ1n) is 9.84. The molecule has 150 valence electrons. The van der Waals surface area contributed by atoms with Crippen LogP contribution in [0.4, 0.5) is 4.39 Å². The molecule has 28 heavy (non-hydrogen) atoms. The second kappa shape index (κ2) is 9.69. The minimum Gasteiger partial charge on any atom is -0.492 e. The molecule has 3 rings (SSSR count). The normalized spacial score (nSPS) is 16.5. The Kier molecular flexibility index (Phi) is 7.04. The predicted octanol–water partition coefficient (Wildman–Crippen LogP) is 4.59. The van der Waals surface area contributed by atoms with E-state index in [2.05, 4.69) is 4.90 Å². The third-order valence-electron chi connectivity index (χ3n) is 5.19. The zero-order valence-corrected chi connectivity index (χ0v) is 16.6. The number of ether oxygens (including phenoxy) is 2. The van der Waals surface area contributed by atoms with Gasteiger partial charge in [-0.15, -0.1) is 0 Å². The van der Waals surface area contributed by atoms with Crippen LogP contribution >= 0.6 is 0 Å². The molecule has 1 fully saturated rings. The van der Waals surface area contributed by atoms with Crippen molar-refractivity contribution in [2.75, 3.05) is 33.4 Å². The fourth-order valence-electron chi connectivity index (χ4n) is 3.63. The summed E-state index contributed by atoms with van der Waals surface area (Å²) < 4.78 is 24.2. The number of benzene rings is 2. The topological polar surface area (TPSA) is 38.8 Å². The molecule has 0 bridgehead atoms. The van der Waals surface area contributed by atoms with Gasteiger partial charge in [-0.2, -0.15) is 0 Å². The molecule has 1 atom stereocenters. The van der Waals surface area contributed by atoms with E-state index in [1.807, 2.05) is 42.5 Å². The minimum absolute atomic E-state index is 0.400. The Morgan fingerprint density at radius 2 is 1.86 bits per heavy atom. The van der Waals surface area contributed by atoms with Gasteiger partial charge in [0.25, 0.3) is 0 Å². The maximum absolute atomic E-state index is 13.2. The van der Waals surface area contributed by atoms with Crippen LogP contribution in [-0.2, 0) is 4.74 Å². The number of piperidine rings is 1.